The fourth-order valence-electron chi connectivity index (χ4n) is 2.12. The smallest absolute Gasteiger partial charge is 0.220 e. The molecule has 0 heterocycles. The fraction of sp³-hybridized carbons (Fsp3) is 0.941. The van der Waals surface area contributed by atoms with Crippen LogP contribution in [0.25, 0.3) is 0 Å². The number of alkyl halides is 1. The Morgan fingerprint density at radius 3 is 1.90 bits per heavy atom. The Morgan fingerprint density at radius 2 is 1.45 bits per heavy atom. The molecule has 20 heavy (non-hydrogen) atoms. The van der Waals surface area contributed by atoms with Crippen molar-refractivity contribution >= 4 is 21.8 Å². The summed E-state index contributed by atoms with van der Waals surface area (Å²) in [7, 11) is 0. The molecule has 0 radical (unpaired) electrons. The molecule has 1 atom stereocenters. The van der Waals surface area contributed by atoms with Crippen LogP contribution in [0.3, 0.4) is 0 Å². The molecule has 0 aliphatic heterocycles. The van der Waals surface area contributed by atoms with Crippen LogP contribution in [0.15, 0.2) is 0 Å². The van der Waals surface area contributed by atoms with E-state index in [1.54, 1.807) is 0 Å². The van der Waals surface area contributed by atoms with Gasteiger partial charge >= 0.3 is 0 Å². The molecule has 1 N–H and O–H groups in total. The number of halogens is 1. The summed E-state index contributed by atoms with van der Waals surface area (Å²) in [6.45, 7) is 8.43. The van der Waals surface area contributed by atoms with Crippen LogP contribution in [0.4, 0.5) is 0 Å². The molecule has 0 fully saturated rings. The molecule has 1 amide bonds. The first kappa shape index (κ1) is 19.9. The van der Waals surface area contributed by atoms with Crippen molar-refractivity contribution in [1.82, 2.24) is 5.32 Å². The lowest BCUT2D eigenvalue weighted by Crippen LogP contribution is -2.48. The number of carbonyl (C=O) groups is 1. The van der Waals surface area contributed by atoms with Gasteiger partial charge in [0.05, 0.1) is 0 Å². The zero-order valence-electron chi connectivity index (χ0n) is 13.9. The normalized spacial score (nSPS) is 13.2. The van der Waals surface area contributed by atoms with Gasteiger partial charge in [-0.2, -0.15) is 0 Å². The van der Waals surface area contributed by atoms with E-state index >= 15 is 0 Å². The zero-order chi connectivity index (χ0) is 15.4. The molecule has 0 saturated carbocycles. The van der Waals surface area contributed by atoms with Crippen LogP contribution in [0.5, 0.6) is 0 Å². The lowest BCUT2D eigenvalue weighted by atomic mass is 10.0. The Balaban J connectivity index is 3.45. The highest BCUT2D eigenvalue weighted by Gasteiger charge is 2.25. The van der Waals surface area contributed by atoms with Crippen LogP contribution in [-0.2, 0) is 4.79 Å². The Hall–Kier alpha value is -0.0500. The molecular weight excluding hydrogens is 314 g/mol. The molecule has 0 aliphatic rings. The number of carbonyl (C=O) groups excluding carboxylic acids is 1. The van der Waals surface area contributed by atoms with Crippen LogP contribution in [0.1, 0.15) is 91.9 Å². The minimum atomic E-state index is -0.170. The number of nitrogens with one attached hydrogen (secondary N) is 1. The Labute approximate surface area is 134 Å². The number of unbranched alkanes of at least 4 members (excludes halogenated alkanes) is 8. The highest BCUT2D eigenvalue weighted by molar-refractivity contribution is 9.09. The minimum absolute atomic E-state index is 0.170. The van der Waals surface area contributed by atoms with Crippen molar-refractivity contribution in [2.45, 2.75) is 102 Å². The molecule has 120 valence electrons. The van der Waals surface area contributed by atoms with Crippen molar-refractivity contribution in [2.24, 2.45) is 0 Å². The summed E-state index contributed by atoms with van der Waals surface area (Å²) in [6.07, 6.45) is 12.3. The number of hydrogen-bond donors (Lipinski definition) is 1. The lowest BCUT2D eigenvalue weighted by molar-refractivity contribution is -0.122. The topological polar surface area (TPSA) is 29.1 Å². The minimum Gasteiger partial charge on any atom is -0.350 e. The highest BCUT2D eigenvalue weighted by atomic mass is 79.9. The molecule has 1 unspecified atom stereocenters. The molecule has 0 rings (SSSR count). The van der Waals surface area contributed by atoms with E-state index in [1.165, 1.54) is 51.4 Å². The molecular formula is C17H34BrNO. The van der Waals surface area contributed by atoms with Crippen LogP contribution < -0.4 is 5.32 Å². The van der Waals surface area contributed by atoms with Crippen molar-refractivity contribution < 1.29 is 4.79 Å². The average Bonchev–Trinajstić information content (AvgIpc) is 2.36. The number of amides is 1. The maximum atomic E-state index is 11.8. The largest absolute Gasteiger partial charge is 0.350 e. The SMILES string of the molecule is CCCCCCCCCCCC(=O)NC(C)(C)C(C)Br. The van der Waals surface area contributed by atoms with Gasteiger partial charge in [-0.15, -0.1) is 0 Å². The van der Waals surface area contributed by atoms with E-state index in [9.17, 15) is 4.79 Å². The molecule has 0 spiro atoms. The van der Waals surface area contributed by atoms with E-state index in [0.29, 0.717) is 6.42 Å². The third kappa shape index (κ3) is 10.7. The van der Waals surface area contributed by atoms with Gasteiger partial charge in [0, 0.05) is 16.8 Å². The van der Waals surface area contributed by atoms with E-state index < -0.39 is 0 Å². The predicted octanol–water partition coefficient (Wildman–Crippen LogP) is 5.59. The van der Waals surface area contributed by atoms with Crippen molar-refractivity contribution in [3.8, 4) is 0 Å². The fourth-order valence-corrected chi connectivity index (χ4v) is 2.23. The van der Waals surface area contributed by atoms with Gasteiger partial charge in [0.2, 0.25) is 5.91 Å². The average molecular weight is 348 g/mol. The van der Waals surface area contributed by atoms with Gasteiger partial charge in [0.1, 0.15) is 0 Å². The lowest BCUT2D eigenvalue weighted by Gasteiger charge is -2.29. The zero-order valence-corrected chi connectivity index (χ0v) is 15.5. The van der Waals surface area contributed by atoms with Crippen molar-refractivity contribution in [3.63, 3.8) is 0 Å². The molecule has 0 aromatic carbocycles. The maximum Gasteiger partial charge on any atom is 0.220 e. The molecule has 0 saturated heterocycles. The first-order valence-electron chi connectivity index (χ1n) is 8.35. The summed E-state index contributed by atoms with van der Waals surface area (Å²) in [4.78, 5) is 12.1. The van der Waals surface area contributed by atoms with Gasteiger partial charge in [0.25, 0.3) is 0 Å². The predicted molar refractivity (Wildman–Crippen MR) is 92.5 cm³/mol. The summed E-state index contributed by atoms with van der Waals surface area (Å²) in [5, 5.41) is 3.10. The molecule has 0 bridgehead atoms. The van der Waals surface area contributed by atoms with Crippen LogP contribution in [0.2, 0.25) is 0 Å². The molecule has 0 aliphatic carbocycles. The van der Waals surface area contributed by atoms with Gasteiger partial charge in [-0.3, -0.25) is 4.79 Å². The summed E-state index contributed by atoms with van der Waals surface area (Å²) in [5.74, 6) is 0.184. The van der Waals surface area contributed by atoms with Gasteiger partial charge in [-0.25, -0.2) is 0 Å². The van der Waals surface area contributed by atoms with Gasteiger partial charge in [0.15, 0.2) is 0 Å². The maximum absolute atomic E-state index is 11.8. The third-order valence-electron chi connectivity index (χ3n) is 3.96. The quantitative estimate of drug-likeness (QED) is 0.362. The Morgan fingerprint density at radius 1 is 1.00 bits per heavy atom. The second kappa shape index (κ2) is 11.6. The van der Waals surface area contributed by atoms with E-state index in [1.807, 2.05) is 0 Å². The third-order valence-corrected chi connectivity index (χ3v) is 5.11. The van der Waals surface area contributed by atoms with E-state index in [0.717, 1.165) is 6.42 Å². The van der Waals surface area contributed by atoms with Gasteiger partial charge in [-0.05, 0) is 20.3 Å². The van der Waals surface area contributed by atoms with Crippen LogP contribution in [0, 0.1) is 0 Å². The first-order valence-corrected chi connectivity index (χ1v) is 9.26. The summed E-state index contributed by atoms with van der Waals surface area (Å²) in [5.41, 5.74) is -0.170. The van der Waals surface area contributed by atoms with Gasteiger partial charge < -0.3 is 5.32 Å². The van der Waals surface area contributed by atoms with Crippen LogP contribution in [-0.4, -0.2) is 16.3 Å². The van der Waals surface area contributed by atoms with Crippen molar-refractivity contribution in [3.05, 3.63) is 0 Å². The van der Waals surface area contributed by atoms with E-state index in [-0.39, 0.29) is 16.3 Å². The second-order valence-electron chi connectivity index (χ2n) is 6.46. The summed E-state index contributed by atoms with van der Waals surface area (Å²) < 4.78 is 0. The van der Waals surface area contributed by atoms with E-state index in [4.69, 9.17) is 0 Å². The van der Waals surface area contributed by atoms with Crippen molar-refractivity contribution in [1.29, 1.82) is 0 Å². The second-order valence-corrected chi connectivity index (χ2v) is 7.84. The standard InChI is InChI=1S/C17H34BrNO/c1-5-6-7-8-9-10-11-12-13-14-16(20)19-17(3,4)15(2)18/h15H,5-14H2,1-4H3,(H,19,20). The highest BCUT2D eigenvalue weighted by Crippen LogP contribution is 2.17. The molecule has 0 aromatic heterocycles. The van der Waals surface area contributed by atoms with Crippen molar-refractivity contribution in [2.75, 3.05) is 0 Å². The molecule has 0 aromatic rings. The molecule has 3 heteroatoms. The first-order chi connectivity index (χ1) is 9.40. The van der Waals surface area contributed by atoms with Crippen LogP contribution >= 0.6 is 15.9 Å². The van der Waals surface area contributed by atoms with Gasteiger partial charge in [-0.1, -0.05) is 81.1 Å². The summed E-state index contributed by atoms with van der Waals surface area (Å²) in [6, 6.07) is 0. The Bertz CT molecular complexity index is 251. The monoisotopic (exact) mass is 347 g/mol. The number of hydrogen-bond acceptors (Lipinski definition) is 1. The number of rotatable bonds is 12. The Kier molecular flexibility index (Phi) is 11.6. The summed E-state index contributed by atoms with van der Waals surface area (Å²) >= 11 is 3.54. The molecule has 2 nitrogen and oxygen atoms in total. The van der Waals surface area contributed by atoms with E-state index in [2.05, 4.69) is 48.9 Å².